The van der Waals surface area contributed by atoms with Crippen LogP contribution < -0.4 is 21.9 Å². The summed E-state index contributed by atoms with van der Waals surface area (Å²) in [6.45, 7) is 1.66. The van der Waals surface area contributed by atoms with Crippen molar-refractivity contribution >= 4 is 34.4 Å². The topological polar surface area (TPSA) is 123 Å². The number of benzene rings is 2. The molecule has 0 spiro atoms. The van der Waals surface area contributed by atoms with E-state index in [1.807, 2.05) is 0 Å². The van der Waals surface area contributed by atoms with Crippen LogP contribution >= 0.6 is 0 Å². The summed E-state index contributed by atoms with van der Waals surface area (Å²) >= 11 is 0. The Balaban J connectivity index is 1.57. The number of nitrogens with one attached hydrogen (secondary N) is 2. The second-order valence-electron chi connectivity index (χ2n) is 7.32. The van der Waals surface area contributed by atoms with E-state index in [9.17, 15) is 24.0 Å². The molecule has 1 aromatic heterocycles. The summed E-state index contributed by atoms with van der Waals surface area (Å²) in [7, 11) is 0. The van der Waals surface area contributed by atoms with Crippen LogP contribution in [0.2, 0.25) is 0 Å². The van der Waals surface area contributed by atoms with Crippen molar-refractivity contribution in [1.82, 2.24) is 19.4 Å². The number of hydrogen-bond donors (Lipinski definition) is 2. The first-order chi connectivity index (χ1) is 15.4. The Morgan fingerprint density at radius 2 is 1.81 bits per heavy atom. The normalized spacial score (nSPS) is 13.5. The summed E-state index contributed by atoms with van der Waals surface area (Å²) in [5.74, 6) is -0.771. The average molecular weight is 435 g/mol. The van der Waals surface area contributed by atoms with Gasteiger partial charge in [0.15, 0.2) is 0 Å². The van der Waals surface area contributed by atoms with Gasteiger partial charge in [0.05, 0.1) is 24.0 Å². The number of carbonyl (C=O) groups excluding carboxylic acids is 3. The molecule has 3 aromatic rings. The quantitative estimate of drug-likeness (QED) is 0.557. The third kappa shape index (κ3) is 3.89. The number of nitrogens with zero attached hydrogens (tertiary/aromatic N) is 3. The molecule has 1 saturated heterocycles. The zero-order valence-corrected chi connectivity index (χ0v) is 17.3. The SMILES string of the molecule is CCn1c(=O)c2ccccc2n(CC(=O)Nc2cccc(CN3C(=O)CNC3=O)c2)c1=O. The number of para-hydroxylation sites is 1. The van der Waals surface area contributed by atoms with Crippen LogP contribution in [-0.2, 0) is 29.2 Å². The third-order valence-corrected chi connectivity index (χ3v) is 5.24. The Kier molecular flexibility index (Phi) is 5.59. The Bertz CT molecular complexity index is 1340. The maximum Gasteiger partial charge on any atom is 0.331 e. The number of anilines is 1. The fourth-order valence-electron chi connectivity index (χ4n) is 3.69. The fraction of sp³-hybridized carbons (Fsp3) is 0.227. The molecule has 0 radical (unpaired) electrons. The van der Waals surface area contributed by atoms with Gasteiger partial charge in [0.2, 0.25) is 11.8 Å². The third-order valence-electron chi connectivity index (χ3n) is 5.24. The predicted molar refractivity (Wildman–Crippen MR) is 117 cm³/mol. The Hall–Kier alpha value is -4.21. The molecule has 2 aromatic carbocycles. The fourth-order valence-corrected chi connectivity index (χ4v) is 3.69. The van der Waals surface area contributed by atoms with E-state index in [1.54, 1.807) is 55.5 Å². The van der Waals surface area contributed by atoms with E-state index < -0.39 is 23.2 Å². The van der Waals surface area contributed by atoms with E-state index in [1.165, 1.54) is 4.57 Å². The zero-order valence-electron chi connectivity index (χ0n) is 17.3. The number of aromatic nitrogens is 2. The van der Waals surface area contributed by atoms with Crippen molar-refractivity contribution in [3.05, 3.63) is 74.9 Å². The van der Waals surface area contributed by atoms with E-state index in [2.05, 4.69) is 10.6 Å². The van der Waals surface area contributed by atoms with Gasteiger partial charge >= 0.3 is 11.7 Å². The van der Waals surface area contributed by atoms with Gasteiger partial charge in [0, 0.05) is 12.2 Å². The molecule has 32 heavy (non-hydrogen) atoms. The minimum absolute atomic E-state index is 0.0299. The molecular weight excluding hydrogens is 414 g/mol. The van der Waals surface area contributed by atoms with E-state index in [4.69, 9.17) is 0 Å². The van der Waals surface area contributed by atoms with Crippen molar-refractivity contribution in [2.75, 3.05) is 11.9 Å². The summed E-state index contributed by atoms with van der Waals surface area (Å²) in [4.78, 5) is 62.7. The van der Waals surface area contributed by atoms with Crippen LogP contribution in [0.25, 0.3) is 10.9 Å². The molecule has 0 saturated carbocycles. The number of rotatable bonds is 6. The second kappa shape index (κ2) is 8.50. The zero-order chi connectivity index (χ0) is 22.8. The number of hydrogen-bond acceptors (Lipinski definition) is 5. The van der Waals surface area contributed by atoms with Gasteiger partial charge in [-0.1, -0.05) is 24.3 Å². The molecule has 1 aliphatic heterocycles. The Morgan fingerprint density at radius 3 is 2.53 bits per heavy atom. The maximum atomic E-state index is 12.8. The highest BCUT2D eigenvalue weighted by Crippen LogP contribution is 2.15. The van der Waals surface area contributed by atoms with Crippen LogP contribution in [0.1, 0.15) is 12.5 Å². The molecule has 10 heteroatoms. The molecule has 164 valence electrons. The summed E-state index contributed by atoms with van der Waals surface area (Å²) in [6, 6.07) is 13.0. The molecule has 2 heterocycles. The number of amides is 4. The first-order valence-corrected chi connectivity index (χ1v) is 10.1. The van der Waals surface area contributed by atoms with Crippen LogP contribution in [0, 0.1) is 0 Å². The van der Waals surface area contributed by atoms with Gasteiger partial charge in [-0.3, -0.25) is 28.4 Å². The van der Waals surface area contributed by atoms with Crippen molar-refractivity contribution in [2.24, 2.45) is 0 Å². The summed E-state index contributed by atoms with van der Waals surface area (Å²) in [5, 5.41) is 5.55. The van der Waals surface area contributed by atoms with Crippen molar-refractivity contribution in [1.29, 1.82) is 0 Å². The summed E-state index contributed by atoms with van der Waals surface area (Å²) < 4.78 is 2.36. The minimum Gasteiger partial charge on any atom is -0.329 e. The second-order valence-corrected chi connectivity index (χ2v) is 7.32. The average Bonchev–Trinajstić information content (AvgIpc) is 3.09. The number of fused-ring (bicyclic) bond motifs is 1. The van der Waals surface area contributed by atoms with Gasteiger partial charge in [-0.05, 0) is 36.8 Å². The largest absolute Gasteiger partial charge is 0.331 e. The molecule has 0 aliphatic carbocycles. The van der Waals surface area contributed by atoms with Crippen molar-refractivity contribution in [3.63, 3.8) is 0 Å². The van der Waals surface area contributed by atoms with Crippen LogP contribution in [0.4, 0.5) is 10.5 Å². The molecule has 0 unspecified atom stereocenters. The molecule has 2 N–H and O–H groups in total. The standard InChI is InChI=1S/C22H21N5O5/c1-2-25-20(30)16-8-3-4-9-17(16)26(22(25)32)13-18(28)24-15-7-5-6-14(10-15)12-27-19(29)11-23-21(27)31/h3-10H,2,11-13H2,1H3,(H,23,31)(H,24,28). The van der Waals surface area contributed by atoms with E-state index >= 15 is 0 Å². The van der Waals surface area contributed by atoms with Crippen LogP contribution in [-0.4, -0.2) is 38.4 Å². The number of carbonyl (C=O) groups is 3. The monoisotopic (exact) mass is 435 g/mol. The molecule has 0 atom stereocenters. The highest BCUT2D eigenvalue weighted by atomic mass is 16.2. The molecule has 10 nitrogen and oxygen atoms in total. The minimum atomic E-state index is -0.557. The van der Waals surface area contributed by atoms with E-state index in [0.717, 1.165) is 9.47 Å². The Morgan fingerprint density at radius 1 is 1.03 bits per heavy atom. The molecule has 4 amide bonds. The van der Waals surface area contributed by atoms with Gasteiger partial charge < -0.3 is 10.6 Å². The molecular formula is C22H21N5O5. The van der Waals surface area contributed by atoms with Gasteiger partial charge in [0.25, 0.3) is 5.56 Å². The number of imide groups is 1. The lowest BCUT2D eigenvalue weighted by atomic mass is 10.2. The van der Waals surface area contributed by atoms with E-state index in [0.29, 0.717) is 22.2 Å². The molecule has 1 fully saturated rings. The highest BCUT2D eigenvalue weighted by Gasteiger charge is 2.28. The molecule has 0 bridgehead atoms. The van der Waals surface area contributed by atoms with Crippen molar-refractivity contribution in [2.45, 2.75) is 26.6 Å². The highest BCUT2D eigenvalue weighted by molar-refractivity contribution is 6.01. The van der Waals surface area contributed by atoms with Gasteiger partial charge in [-0.15, -0.1) is 0 Å². The summed E-state index contributed by atoms with van der Waals surface area (Å²) in [6.07, 6.45) is 0. The maximum absolute atomic E-state index is 12.8. The first-order valence-electron chi connectivity index (χ1n) is 10.1. The van der Waals surface area contributed by atoms with Gasteiger partial charge in [-0.25, -0.2) is 9.59 Å². The first kappa shape index (κ1) is 21.0. The van der Waals surface area contributed by atoms with Crippen LogP contribution in [0.15, 0.2) is 58.1 Å². The lowest BCUT2D eigenvalue weighted by molar-refractivity contribution is -0.125. The Labute approximate surface area is 182 Å². The van der Waals surface area contributed by atoms with Gasteiger partial charge in [0.1, 0.15) is 6.54 Å². The molecule has 4 rings (SSSR count). The lowest BCUT2D eigenvalue weighted by Gasteiger charge is -2.15. The smallest absolute Gasteiger partial charge is 0.329 e. The van der Waals surface area contributed by atoms with Gasteiger partial charge in [-0.2, -0.15) is 0 Å². The predicted octanol–water partition coefficient (Wildman–Crippen LogP) is 0.874. The van der Waals surface area contributed by atoms with Crippen molar-refractivity contribution < 1.29 is 14.4 Å². The molecule has 1 aliphatic rings. The van der Waals surface area contributed by atoms with Crippen LogP contribution in [0.3, 0.4) is 0 Å². The number of urea groups is 1. The van der Waals surface area contributed by atoms with Crippen molar-refractivity contribution in [3.8, 4) is 0 Å². The lowest BCUT2D eigenvalue weighted by Crippen LogP contribution is -2.41. The summed E-state index contributed by atoms with van der Waals surface area (Å²) in [5.41, 5.74) is 0.558. The van der Waals surface area contributed by atoms with Crippen LogP contribution in [0.5, 0.6) is 0 Å². The van der Waals surface area contributed by atoms with E-state index in [-0.39, 0.29) is 32.1 Å².